The molecule has 0 spiro atoms. The maximum absolute atomic E-state index is 13.0. The molecule has 0 aliphatic carbocycles. The monoisotopic (exact) mass is 503 g/mol. The molecule has 3 heterocycles. The average Bonchev–Trinajstić information content (AvgIpc) is 3.32. The van der Waals surface area contributed by atoms with Gasteiger partial charge >= 0.3 is 0 Å². The molecule has 2 amide bonds. The van der Waals surface area contributed by atoms with E-state index in [-0.39, 0.29) is 30.1 Å². The summed E-state index contributed by atoms with van der Waals surface area (Å²) < 4.78 is 1.87. The van der Waals surface area contributed by atoms with Crippen LogP contribution in [0.2, 0.25) is 5.02 Å². The third-order valence-electron chi connectivity index (χ3n) is 6.53. The Labute approximate surface area is 211 Å². The highest BCUT2D eigenvalue weighted by Gasteiger charge is 2.40. The second-order valence-corrected chi connectivity index (χ2v) is 9.51. The smallest absolute Gasteiger partial charge is 0.237 e. The highest BCUT2D eigenvalue weighted by molar-refractivity contribution is 6.35. The number of nitrogens with zero attached hydrogens (tertiary/aromatic N) is 3. The Morgan fingerprint density at radius 1 is 1.29 bits per heavy atom. The molecule has 0 saturated carbocycles. The molecule has 182 valence electrons. The van der Waals surface area contributed by atoms with E-state index in [0.29, 0.717) is 24.5 Å². The van der Waals surface area contributed by atoms with Gasteiger partial charge in [-0.2, -0.15) is 0 Å². The number of aryl methyl sites for hydroxylation is 2. The molecule has 3 aromatic rings. The molecule has 34 heavy (non-hydrogen) atoms. The SMILES string of the molecule is Cc1cccc(CC2CC(C(N)=O)N([C@@H](C)C(=O)NCc3cnc4c(c3)c(Cl)cn4C)C2)c1.Cl. The summed E-state index contributed by atoms with van der Waals surface area (Å²) in [4.78, 5) is 31.5. The van der Waals surface area contributed by atoms with Crippen LogP contribution in [0.1, 0.15) is 30.0 Å². The molecule has 2 unspecified atom stereocenters. The van der Waals surface area contributed by atoms with E-state index in [1.54, 1.807) is 6.20 Å². The first-order chi connectivity index (χ1) is 15.7. The van der Waals surface area contributed by atoms with E-state index in [4.69, 9.17) is 17.3 Å². The lowest BCUT2D eigenvalue weighted by Gasteiger charge is -2.28. The summed E-state index contributed by atoms with van der Waals surface area (Å²) in [6, 6.07) is 9.42. The van der Waals surface area contributed by atoms with E-state index in [9.17, 15) is 9.59 Å². The summed E-state index contributed by atoms with van der Waals surface area (Å²) in [5, 5.41) is 4.46. The number of rotatable bonds is 7. The van der Waals surface area contributed by atoms with Crippen LogP contribution < -0.4 is 11.1 Å². The van der Waals surface area contributed by atoms with Crippen molar-refractivity contribution in [2.75, 3.05) is 6.54 Å². The molecule has 9 heteroatoms. The zero-order valence-corrected chi connectivity index (χ0v) is 21.2. The second-order valence-electron chi connectivity index (χ2n) is 9.11. The van der Waals surface area contributed by atoms with Crippen LogP contribution in [-0.4, -0.2) is 44.9 Å². The zero-order chi connectivity index (χ0) is 23.7. The topological polar surface area (TPSA) is 93.2 Å². The molecule has 0 bridgehead atoms. The molecule has 2 aromatic heterocycles. The van der Waals surface area contributed by atoms with Gasteiger partial charge in [0.25, 0.3) is 0 Å². The highest BCUT2D eigenvalue weighted by atomic mass is 35.5. The van der Waals surface area contributed by atoms with Gasteiger partial charge in [0.1, 0.15) is 5.65 Å². The first-order valence-electron chi connectivity index (χ1n) is 11.2. The van der Waals surface area contributed by atoms with Gasteiger partial charge in [-0.1, -0.05) is 41.4 Å². The summed E-state index contributed by atoms with van der Waals surface area (Å²) in [5.41, 5.74) is 9.82. The van der Waals surface area contributed by atoms with Gasteiger partial charge < -0.3 is 15.6 Å². The number of hydrogen-bond donors (Lipinski definition) is 2. The Morgan fingerprint density at radius 2 is 2.06 bits per heavy atom. The van der Waals surface area contributed by atoms with Gasteiger partial charge in [-0.3, -0.25) is 14.5 Å². The Balaban J connectivity index is 0.00000324. The molecule has 3 N–H and O–H groups in total. The summed E-state index contributed by atoms with van der Waals surface area (Å²) >= 11 is 6.28. The fourth-order valence-corrected chi connectivity index (χ4v) is 5.11. The molecule has 7 nitrogen and oxygen atoms in total. The fourth-order valence-electron chi connectivity index (χ4n) is 4.82. The number of carbonyl (C=O) groups excluding carboxylic acids is 2. The van der Waals surface area contributed by atoms with E-state index < -0.39 is 12.1 Å². The Hall–Kier alpha value is -2.61. The maximum Gasteiger partial charge on any atom is 0.237 e. The molecule has 4 rings (SSSR count). The van der Waals surface area contributed by atoms with Crippen molar-refractivity contribution in [2.45, 2.75) is 45.3 Å². The van der Waals surface area contributed by atoms with Gasteiger partial charge in [0.15, 0.2) is 0 Å². The largest absolute Gasteiger partial charge is 0.368 e. The molecule has 0 radical (unpaired) electrons. The van der Waals surface area contributed by atoms with Gasteiger partial charge in [0, 0.05) is 37.9 Å². The fraction of sp³-hybridized carbons (Fsp3) is 0.400. The lowest BCUT2D eigenvalue weighted by molar-refractivity contribution is -0.129. The number of likely N-dealkylation sites (tertiary alicyclic amines) is 1. The van der Waals surface area contributed by atoms with E-state index in [2.05, 4.69) is 35.4 Å². The standard InChI is InChI=1S/C25H30ClN5O2.ClH/c1-15-5-4-6-17(7-15)8-18-10-22(23(27)32)31(13-18)16(2)25(33)29-12-19-9-20-21(26)14-30(3)24(20)28-11-19;/h4-7,9,11,14,16,18,22H,8,10,12-13H2,1-3H3,(H2,27,32)(H,29,33);1H/t16-,18?,22?;/m0./s1. The lowest BCUT2D eigenvalue weighted by atomic mass is 9.96. The van der Waals surface area contributed by atoms with E-state index in [1.807, 2.05) is 41.8 Å². The summed E-state index contributed by atoms with van der Waals surface area (Å²) in [5.74, 6) is -0.252. The van der Waals surface area contributed by atoms with Crippen molar-refractivity contribution < 1.29 is 9.59 Å². The number of nitrogens with two attached hydrogens (primary N) is 1. The molecule has 1 aliphatic rings. The number of carbonyl (C=O) groups is 2. The number of halogens is 2. The van der Waals surface area contributed by atoms with Crippen LogP contribution in [0.4, 0.5) is 0 Å². The first-order valence-corrected chi connectivity index (χ1v) is 11.6. The third kappa shape index (κ3) is 5.54. The molecule has 1 fully saturated rings. The first kappa shape index (κ1) is 26.0. The van der Waals surface area contributed by atoms with Crippen molar-refractivity contribution in [1.29, 1.82) is 0 Å². The van der Waals surface area contributed by atoms with Crippen LogP contribution >= 0.6 is 24.0 Å². The van der Waals surface area contributed by atoms with E-state index in [1.165, 1.54) is 11.1 Å². The van der Waals surface area contributed by atoms with Crippen LogP contribution in [0.25, 0.3) is 11.0 Å². The van der Waals surface area contributed by atoms with Gasteiger partial charge in [-0.25, -0.2) is 4.98 Å². The number of fused-ring (bicyclic) bond motifs is 1. The molecular weight excluding hydrogens is 473 g/mol. The lowest BCUT2D eigenvalue weighted by Crippen LogP contribution is -2.51. The second kappa shape index (κ2) is 10.8. The number of primary amides is 1. The average molecular weight is 504 g/mol. The number of nitrogens with one attached hydrogen (secondary N) is 1. The third-order valence-corrected chi connectivity index (χ3v) is 6.83. The maximum atomic E-state index is 13.0. The summed E-state index contributed by atoms with van der Waals surface area (Å²) in [6.07, 6.45) is 5.07. The Morgan fingerprint density at radius 3 is 2.76 bits per heavy atom. The van der Waals surface area contributed by atoms with Crippen molar-refractivity contribution in [3.63, 3.8) is 0 Å². The molecule has 1 aromatic carbocycles. The van der Waals surface area contributed by atoms with Crippen LogP contribution in [0, 0.1) is 12.8 Å². The van der Waals surface area contributed by atoms with Crippen molar-refractivity contribution in [3.05, 3.63) is 64.4 Å². The predicted molar refractivity (Wildman–Crippen MR) is 137 cm³/mol. The number of aromatic nitrogens is 2. The van der Waals surface area contributed by atoms with Gasteiger partial charge in [-0.05, 0) is 49.8 Å². The van der Waals surface area contributed by atoms with Crippen molar-refractivity contribution >= 4 is 46.9 Å². The number of pyridine rings is 1. The highest BCUT2D eigenvalue weighted by Crippen LogP contribution is 2.29. The molecule has 3 atom stereocenters. The Bertz CT molecular complexity index is 1200. The summed E-state index contributed by atoms with van der Waals surface area (Å²) in [6.45, 7) is 4.89. The summed E-state index contributed by atoms with van der Waals surface area (Å²) in [7, 11) is 1.89. The van der Waals surface area contributed by atoms with Crippen LogP contribution in [0.5, 0.6) is 0 Å². The minimum Gasteiger partial charge on any atom is -0.368 e. The number of amides is 2. The number of hydrogen-bond acceptors (Lipinski definition) is 4. The normalized spacial score (nSPS) is 19.1. The Kier molecular flexibility index (Phi) is 8.23. The van der Waals surface area contributed by atoms with E-state index >= 15 is 0 Å². The van der Waals surface area contributed by atoms with Crippen molar-refractivity contribution in [2.24, 2.45) is 18.7 Å². The van der Waals surface area contributed by atoms with Gasteiger partial charge in [-0.15, -0.1) is 12.4 Å². The van der Waals surface area contributed by atoms with E-state index in [0.717, 1.165) is 23.0 Å². The predicted octanol–water partition coefficient (Wildman–Crippen LogP) is 3.38. The molecular formula is C25H31Cl2N5O2. The molecule has 1 aliphatic heterocycles. The zero-order valence-electron chi connectivity index (χ0n) is 19.6. The quantitative estimate of drug-likeness (QED) is 0.516. The minimum absolute atomic E-state index is 0. The van der Waals surface area contributed by atoms with Crippen molar-refractivity contribution in [3.8, 4) is 0 Å². The van der Waals surface area contributed by atoms with Crippen LogP contribution in [0.3, 0.4) is 0 Å². The van der Waals surface area contributed by atoms with Crippen LogP contribution in [0.15, 0.2) is 42.7 Å². The number of benzene rings is 1. The van der Waals surface area contributed by atoms with Gasteiger partial charge in [0.2, 0.25) is 11.8 Å². The van der Waals surface area contributed by atoms with Crippen LogP contribution in [-0.2, 0) is 29.6 Å². The van der Waals surface area contributed by atoms with Crippen molar-refractivity contribution in [1.82, 2.24) is 19.8 Å². The molecule has 1 saturated heterocycles. The minimum atomic E-state index is -0.470. The van der Waals surface area contributed by atoms with Gasteiger partial charge in [0.05, 0.1) is 17.1 Å².